The van der Waals surface area contributed by atoms with Gasteiger partial charge in [-0.2, -0.15) is 0 Å². The van der Waals surface area contributed by atoms with Gasteiger partial charge in [0.2, 0.25) is 11.8 Å². The molecule has 0 aliphatic carbocycles. The van der Waals surface area contributed by atoms with Crippen molar-refractivity contribution in [3.05, 3.63) is 12.2 Å². The van der Waals surface area contributed by atoms with Gasteiger partial charge in [-0.15, -0.1) is 0 Å². The second-order valence-corrected chi connectivity index (χ2v) is 4.64. The Labute approximate surface area is 87.9 Å². The van der Waals surface area contributed by atoms with Gasteiger partial charge in [0, 0.05) is 6.04 Å². The van der Waals surface area contributed by atoms with Crippen molar-refractivity contribution in [2.45, 2.75) is 32.1 Å². The molecule has 0 aromatic rings. The van der Waals surface area contributed by atoms with Crippen molar-refractivity contribution in [1.29, 1.82) is 0 Å². The predicted molar refractivity (Wildman–Crippen MR) is 51.8 cm³/mol. The first-order valence-electron chi connectivity index (χ1n) is 5.32. The Morgan fingerprint density at radius 3 is 2.00 bits per heavy atom. The van der Waals surface area contributed by atoms with E-state index >= 15 is 0 Å². The molecule has 4 atom stereocenters. The zero-order valence-corrected chi connectivity index (χ0v) is 8.71. The van der Waals surface area contributed by atoms with Gasteiger partial charge >= 0.3 is 0 Å². The Hall–Kier alpha value is -1.16. The molecule has 0 N–H and O–H groups in total. The SMILES string of the molecule is CC(C)N1C(=O)[C@@H]2[C@H](C1=O)[C@@H]1C=C[C@@H]2O1. The van der Waals surface area contributed by atoms with E-state index in [1.165, 1.54) is 4.90 Å². The largest absolute Gasteiger partial charge is 0.365 e. The van der Waals surface area contributed by atoms with E-state index in [2.05, 4.69) is 0 Å². The Morgan fingerprint density at radius 2 is 1.60 bits per heavy atom. The van der Waals surface area contributed by atoms with Gasteiger partial charge in [-0.05, 0) is 13.8 Å². The normalized spacial score (nSPS) is 42.2. The Balaban J connectivity index is 2.00. The van der Waals surface area contributed by atoms with E-state index in [9.17, 15) is 9.59 Å². The van der Waals surface area contributed by atoms with Crippen molar-refractivity contribution >= 4 is 11.8 Å². The van der Waals surface area contributed by atoms with E-state index < -0.39 is 0 Å². The molecule has 2 saturated heterocycles. The van der Waals surface area contributed by atoms with Gasteiger partial charge in [-0.3, -0.25) is 14.5 Å². The van der Waals surface area contributed by atoms with Gasteiger partial charge in [0.1, 0.15) is 0 Å². The maximum atomic E-state index is 12.0. The lowest BCUT2D eigenvalue weighted by molar-refractivity contribution is -0.144. The monoisotopic (exact) mass is 207 g/mol. The first-order valence-corrected chi connectivity index (χ1v) is 5.32. The van der Waals surface area contributed by atoms with Crippen LogP contribution in [0.1, 0.15) is 13.8 Å². The molecule has 2 amide bonds. The van der Waals surface area contributed by atoms with Crippen molar-refractivity contribution in [2.75, 3.05) is 0 Å². The summed E-state index contributed by atoms with van der Waals surface area (Å²) in [5.74, 6) is -0.626. The molecule has 0 aromatic carbocycles. The second kappa shape index (κ2) is 2.70. The van der Waals surface area contributed by atoms with Crippen LogP contribution < -0.4 is 0 Å². The highest BCUT2D eigenvalue weighted by Gasteiger charge is 2.60. The zero-order valence-electron chi connectivity index (χ0n) is 8.71. The first-order chi connectivity index (χ1) is 7.11. The van der Waals surface area contributed by atoms with Crippen LogP contribution in [0.25, 0.3) is 0 Å². The third-order valence-electron chi connectivity index (χ3n) is 3.46. The van der Waals surface area contributed by atoms with Gasteiger partial charge in [0.25, 0.3) is 0 Å². The van der Waals surface area contributed by atoms with Crippen molar-refractivity contribution in [2.24, 2.45) is 11.8 Å². The fraction of sp³-hybridized carbons (Fsp3) is 0.636. The number of fused-ring (bicyclic) bond motifs is 5. The average Bonchev–Trinajstić information content (AvgIpc) is 2.79. The number of carbonyl (C=O) groups excluding carboxylic acids is 2. The first kappa shape index (κ1) is 9.09. The van der Waals surface area contributed by atoms with E-state index in [1.807, 2.05) is 26.0 Å². The van der Waals surface area contributed by atoms with Gasteiger partial charge < -0.3 is 4.74 Å². The molecule has 3 heterocycles. The molecule has 3 aliphatic heterocycles. The summed E-state index contributed by atoms with van der Waals surface area (Å²) in [6, 6.07) is -0.0463. The fourth-order valence-corrected chi connectivity index (χ4v) is 2.84. The Bertz CT molecular complexity index is 344. The Kier molecular flexibility index (Phi) is 1.63. The highest BCUT2D eigenvalue weighted by atomic mass is 16.5. The Morgan fingerprint density at radius 1 is 1.13 bits per heavy atom. The standard InChI is InChI=1S/C11H13NO3/c1-5(2)12-10(13)8-6-3-4-7(15-6)9(8)11(12)14/h3-9H,1-2H3/t6-,7-,8-,9+/m0/s1. The fourth-order valence-electron chi connectivity index (χ4n) is 2.84. The van der Waals surface area contributed by atoms with E-state index in [-0.39, 0.29) is 41.9 Å². The minimum atomic E-state index is -0.255. The van der Waals surface area contributed by atoms with Crippen LogP contribution in [0.5, 0.6) is 0 Å². The molecule has 0 aromatic heterocycles. The zero-order chi connectivity index (χ0) is 10.7. The predicted octanol–water partition coefficient (Wildman–Crippen LogP) is 0.333. The third kappa shape index (κ3) is 0.951. The number of hydrogen-bond donors (Lipinski definition) is 0. The summed E-state index contributed by atoms with van der Waals surface area (Å²) in [4.78, 5) is 25.4. The molecule has 0 spiro atoms. The van der Waals surface area contributed by atoms with Gasteiger partial charge in [0.05, 0.1) is 24.0 Å². The number of hydrogen-bond acceptors (Lipinski definition) is 3. The molecule has 3 aliphatic rings. The van der Waals surface area contributed by atoms with E-state index in [4.69, 9.17) is 4.74 Å². The summed E-state index contributed by atoms with van der Waals surface area (Å²) in [5, 5.41) is 0. The van der Waals surface area contributed by atoms with Crippen molar-refractivity contribution in [1.82, 2.24) is 4.90 Å². The lowest BCUT2D eigenvalue weighted by Gasteiger charge is -2.21. The number of nitrogens with zero attached hydrogens (tertiary/aromatic N) is 1. The van der Waals surface area contributed by atoms with Gasteiger partial charge in [-0.1, -0.05) is 12.2 Å². The maximum Gasteiger partial charge on any atom is 0.236 e. The quantitative estimate of drug-likeness (QED) is 0.460. The molecule has 80 valence electrons. The van der Waals surface area contributed by atoms with E-state index in [0.29, 0.717) is 0 Å². The minimum Gasteiger partial charge on any atom is -0.365 e. The molecule has 0 saturated carbocycles. The molecule has 4 heteroatoms. The molecule has 4 nitrogen and oxygen atoms in total. The lowest BCUT2D eigenvalue weighted by atomic mass is 9.85. The smallest absolute Gasteiger partial charge is 0.236 e. The molecule has 2 fully saturated rings. The van der Waals surface area contributed by atoms with Gasteiger partial charge in [-0.25, -0.2) is 0 Å². The molecular formula is C11H13NO3. The third-order valence-corrected chi connectivity index (χ3v) is 3.46. The van der Waals surface area contributed by atoms with Crippen LogP contribution in [-0.2, 0) is 14.3 Å². The van der Waals surface area contributed by atoms with Crippen LogP contribution in [0.3, 0.4) is 0 Å². The summed E-state index contributed by atoms with van der Waals surface area (Å²) < 4.78 is 5.53. The summed E-state index contributed by atoms with van der Waals surface area (Å²) in [6.45, 7) is 3.74. The molecule has 0 radical (unpaired) electrons. The summed E-state index contributed by atoms with van der Waals surface area (Å²) in [7, 11) is 0. The topological polar surface area (TPSA) is 46.6 Å². The maximum absolute atomic E-state index is 12.0. The van der Waals surface area contributed by atoms with E-state index in [0.717, 1.165) is 0 Å². The molecule has 0 unspecified atom stereocenters. The summed E-state index contributed by atoms with van der Waals surface area (Å²) in [5.41, 5.74) is 0. The number of rotatable bonds is 1. The molecule has 3 rings (SSSR count). The summed E-state index contributed by atoms with van der Waals surface area (Å²) in [6.07, 6.45) is 3.47. The number of likely N-dealkylation sites (tertiary alicyclic amines) is 1. The number of ether oxygens (including phenoxy) is 1. The molecule has 2 bridgehead atoms. The lowest BCUT2D eigenvalue weighted by Crippen LogP contribution is -2.39. The van der Waals surface area contributed by atoms with Crippen molar-refractivity contribution in [3.8, 4) is 0 Å². The average molecular weight is 207 g/mol. The summed E-state index contributed by atoms with van der Waals surface area (Å²) >= 11 is 0. The molecular weight excluding hydrogens is 194 g/mol. The highest BCUT2D eigenvalue weighted by Crippen LogP contribution is 2.45. The molecule has 15 heavy (non-hydrogen) atoms. The van der Waals surface area contributed by atoms with Crippen molar-refractivity contribution in [3.63, 3.8) is 0 Å². The van der Waals surface area contributed by atoms with E-state index in [1.54, 1.807) is 0 Å². The number of amides is 2. The highest BCUT2D eigenvalue weighted by molar-refractivity contribution is 6.07. The van der Waals surface area contributed by atoms with Crippen LogP contribution in [0.4, 0.5) is 0 Å². The van der Waals surface area contributed by atoms with Crippen LogP contribution in [0.15, 0.2) is 12.2 Å². The second-order valence-electron chi connectivity index (χ2n) is 4.64. The van der Waals surface area contributed by atoms with Crippen molar-refractivity contribution < 1.29 is 14.3 Å². The minimum absolute atomic E-state index is 0.0463. The van der Waals surface area contributed by atoms with Crippen LogP contribution >= 0.6 is 0 Å². The number of imide groups is 1. The van der Waals surface area contributed by atoms with Gasteiger partial charge in [0.15, 0.2) is 0 Å². The van der Waals surface area contributed by atoms with Crippen LogP contribution in [0, 0.1) is 11.8 Å². The number of carbonyl (C=O) groups is 2. The van der Waals surface area contributed by atoms with Crippen LogP contribution in [0.2, 0.25) is 0 Å². The van der Waals surface area contributed by atoms with Crippen LogP contribution in [-0.4, -0.2) is 35.0 Å².